The van der Waals surface area contributed by atoms with Crippen molar-refractivity contribution in [1.29, 1.82) is 0 Å². The highest BCUT2D eigenvalue weighted by Gasteiger charge is 2.22. The SMILES string of the molecule is CN(C)S(=O)(=O)c1cc(C(=O)NCCCNc2ccccc2)ccc1Br. The Kier molecular flexibility index (Phi) is 7.19. The number of carbonyl (C=O) groups is 1. The fourth-order valence-electron chi connectivity index (χ4n) is 2.22. The molecule has 0 heterocycles. The van der Waals surface area contributed by atoms with Gasteiger partial charge < -0.3 is 10.6 Å². The fraction of sp³-hybridized carbons (Fsp3) is 0.278. The van der Waals surface area contributed by atoms with Gasteiger partial charge in [0.05, 0.1) is 4.90 Å². The smallest absolute Gasteiger partial charge is 0.251 e. The average Bonchev–Trinajstić information content (AvgIpc) is 2.62. The van der Waals surface area contributed by atoms with E-state index in [1.807, 2.05) is 30.3 Å². The molecular weight excluding hydrogens is 418 g/mol. The first kappa shape index (κ1) is 20.4. The van der Waals surface area contributed by atoms with Crippen molar-refractivity contribution in [2.45, 2.75) is 11.3 Å². The largest absolute Gasteiger partial charge is 0.385 e. The summed E-state index contributed by atoms with van der Waals surface area (Å²) in [5.41, 5.74) is 1.34. The average molecular weight is 440 g/mol. The molecule has 8 heteroatoms. The lowest BCUT2D eigenvalue weighted by Crippen LogP contribution is -2.27. The molecule has 0 spiro atoms. The monoisotopic (exact) mass is 439 g/mol. The van der Waals surface area contributed by atoms with Crippen LogP contribution in [0.25, 0.3) is 0 Å². The number of nitrogens with one attached hydrogen (secondary N) is 2. The zero-order valence-corrected chi connectivity index (χ0v) is 17.1. The number of carbonyl (C=O) groups excluding carboxylic acids is 1. The van der Waals surface area contributed by atoms with Crippen molar-refractivity contribution in [3.63, 3.8) is 0 Å². The molecule has 0 saturated heterocycles. The first-order chi connectivity index (χ1) is 12.3. The zero-order valence-electron chi connectivity index (χ0n) is 14.7. The Morgan fingerprint density at radius 3 is 2.42 bits per heavy atom. The third-order valence-electron chi connectivity index (χ3n) is 3.69. The van der Waals surface area contributed by atoms with Crippen LogP contribution in [0.4, 0.5) is 5.69 Å². The topological polar surface area (TPSA) is 78.5 Å². The van der Waals surface area contributed by atoms with Crippen LogP contribution in [0.15, 0.2) is 57.9 Å². The van der Waals surface area contributed by atoms with E-state index in [0.29, 0.717) is 16.6 Å². The molecule has 2 rings (SSSR count). The van der Waals surface area contributed by atoms with Gasteiger partial charge in [-0.15, -0.1) is 0 Å². The van der Waals surface area contributed by atoms with Gasteiger partial charge in [0.1, 0.15) is 0 Å². The van der Waals surface area contributed by atoms with Crippen molar-refractivity contribution < 1.29 is 13.2 Å². The molecule has 0 unspecified atom stereocenters. The number of amides is 1. The van der Waals surface area contributed by atoms with Crippen LogP contribution in [-0.4, -0.2) is 45.8 Å². The van der Waals surface area contributed by atoms with Gasteiger partial charge in [-0.25, -0.2) is 12.7 Å². The van der Waals surface area contributed by atoms with Gasteiger partial charge in [0, 0.05) is 42.9 Å². The molecular formula is C18H22BrN3O3S. The van der Waals surface area contributed by atoms with E-state index in [9.17, 15) is 13.2 Å². The number of benzene rings is 2. The van der Waals surface area contributed by atoms with E-state index < -0.39 is 10.0 Å². The van der Waals surface area contributed by atoms with Crippen LogP contribution in [0.1, 0.15) is 16.8 Å². The predicted molar refractivity (Wildman–Crippen MR) is 107 cm³/mol. The van der Waals surface area contributed by atoms with E-state index in [0.717, 1.165) is 23.0 Å². The van der Waals surface area contributed by atoms with E-state index in [2.05, 4.69) is 26.6 Å². The van der Waals surface area contributed by atoms with Crippen LogP contribution in [0.2, 0.25) is 0 Å². The number of para-hydroxylation sites is 1. The highest BCUT2D eigenvalue weighted by molar-refractivity contribution is 9.10. The van der Waals surface area contributed by atoms with E-state index in [1.165, 1.54) is 20.2 Å². The van der Waals surface area contributed by atoms with E-state index in [4.69, 9.17) is 0 Å². The highest BCUT2D eigenvalue weighted by Crippen LogP contribution is 2.25. The zero-order chi connectivity index (χ0) is 19.2. The summed E-state index contributed by atoms with van der Waals surface area (Å²) < 4.78 is 26.2. The van der Waals surface area contributed by atoms with Crippen molar-refractivity contribution in [1.82, 2.24) is 9.62 Å². The number of rotatable bonds is 8. The number of hydrogen-bond acceptors (Lipinski definition) is 4. The maximum absolute atomic E-state index is 12.3. The molecule has 0 saturated carbocycles. The molecule has 1 amide bonds. The first-order valence-electron chi connectivity index (χ1n) is 8.11. The Morgan fingerprint density at radius 1 is 1.08 bits per heavy atom. The van der Waals surface area contributed by atoms with Crippen LogP contribution < -0.4 is 10.6 Å². The third-order valence-corrected chi connectivity index (χ3v) is 6.50. The molecule has 0 aromatic heterocycles. The summed E-state index contributed by atoms with van der Waals surface area (Å²) >= 11 is 3.23. The van der Waals surface area contributed by atoms with Crippen molar-refractivity contribution in [2.75, 3.05) is 32.5 Å². The molecule has 0 radical (unpaired) electrons. The molecule has 2 aromatic carbocycles. The lowest BCUT2D eigenvalue weighted by atomic mass is 10.2. The predicted octanol–water partition coefficient (Wildman–Crippen LogP) is 2.93. The quantitative estimate of drug-likeness (QED) is 0.619. The maximum atomic E-state index is 12.3. The van der Waals surface area contributed by atoms with Crippen LogP contribution in [-0.2, 0) is 10.0 Å². The van der Waals surface area contributed by atoms with Crippen molar-refractivity contribution >= 4 is 37.5 Å². The Bertz CT molecular complexity index is 855. The number of sulfonamides is 1. The summed E-state index contributed by atoms with van der Waals surface area (Å²) in [6.07, 6.45) is 0.750. The van der Waals surface area contributed by atoms with Crippen LogP contribution in [0, 0.1) is 0 Å². The molecule has 0 aliphatic rings. The number of nitrogens with zero attached hydrogens (tertiary/aromatic N) is 1. The third kappa shape index (κ3) is 5.30. The summed E-state index contributed by atoms with van der Waals surface area (Å²) in [5.74, 6) is -0.299. The minimum Gasteiger partial charge on any atom is -0.385 e. The minimum atomic E-state index is -3.63. The van der Waals surface area contributed by atoms with Crippen molar-refractivity contribution in [3.05, 3.63) is 58.6 Å². The lowest BCUT2D eigenvalue weighted by Gasteiger charge is -2.14. The molecule has 6 nitrogen and oxygen atoms in total. The standard InChI is InChI=1S/C18H22BrN3O3S/c1-22(2)26(24,25)17-13-14(9-10-16(17)19)18(23)21-12-6-11-20-15-7-4-3-5-8-15/h3-5,7-10,13,20H,6,11-12H2,1-2H3,(H,21,23). The second-order valence-electron chi connectivity index (χ2n) is 5.83. The lowest BCUT2D eigenvalue weighted by molar-refractivity contribution is 0.0953. The van der Waals surface area contributed by atoms with Crippen LogP contribution >= 0.6 is 15.9 Å². The second-order valence-corrected chi connectivity index (χ2v) is 8.81. The van der Waals surface area contributed by atoms with Crippen LogP contribution in [0.5, 0.6) is 0 Å². The summed E-state index contributed by atoms with van der Waals surface area (Å²) in [4.78, 5) is 12.4. The van der Waals surface area contributed by atoms with Gasteiger partial charge in [-0.3, -0.25) is 4.79 Å². The van der Waals surface area contributed by atoms with Crippen molar-refractivity contribution in [2.24, 2.45) is 0 Å². The molecule has 2 aromatic rings. The van der Waals surface area contributed by atoms with E-state index in [-0.39, 0.29) is 10.8 Å². The van der Waals surface area contributed by atoms with Gasteiger partial charge in [-0.05, 0) is 52.7 Å². The Balaban J connectivity index is 1.91. The van der Waals surface area contributed by atoms with Gasteiger partial charge >= 0.3 is 0 Å². The minimum absolute atomic E-state index is 0.0703. The first-order valence-corrected chi connectivity index (χ1v) is 10.3. The Hall–Kier alpha value is -1.90. The molecule has 0 fully saturated rings. The van der Waals surface area contributed by atoms with Gasteiger partial charge in [0.2, 0.25) is 10.0 Å². The van der Waals surface area contributed by atoms with Crippen LogP contribution in [0.3, 0.4) is 0 Å². The molecule has 140 valence electrons. The van der Waals surface area contributed by atoms with Gasteiger partial charge in [0.25, 0.3) is 5.91 Å². The second kappa shape index (κ2) is 9.16. The fourth-order valence-corrected chi connectivity index (χ4v) is 4.06. The summed E-state index contributed by atoms with van der Waals surface area (Å²) in [6, 6.07) is 14.4. The van der Waals surface area contributed by atoms with Gasteiger partial charge in [-0.1, -0.05) is 18.2 Å². The molecule has 0 aliphatic carbocycles. The molecule has 26 heavy (non-hydrogen) atoms. The Morgan fingerprint density at radius 2 is 1.77 bits per heavy atom. The molecule has 0 atom stereocenters. The number of hydrogen-bond donors (Lipinski definition) is 2. The maximum Gasteiger partial charge on any atom is 0.251 e. The summed E-state index contributed by atoms with van der Waals surface area (Å²) in [7, 11) is -0.722. The molecule has 0 aliphatic heterocycles. The number of halogens is 1. The summed E-state index contributed by atoms with van der Waals surface area (Å²) in [5, 5.41) is 6.07. The summed E-state index contributed by atoms with van der Waals surface area (Å²) in [6.45, 7) is 1.22. The Labute approximate surface area is 162 Å². The molecule has 2 N–H and O–H groups in total. The normalized spacial score (nSPS) is 11.4. The van der Waals surface area contributed by atoms with E-state index >= 15 is 0 Å². The highest BCUT2D eigenvalue weighted by atomic mass is 79.9. The molecule has 0 bridgehead atoms. The van der Waals surface area contributed by atoms with Crippen molar-refractivity contribution in [3.8, 4) is 0 Å². The van der Waals surface area contributed by atoms with E-state index in [1.54, 1.807) is 12.1 Å². The number of anilines is 1. The van der Waals surface area contributed by atoms with Gasteiger partial charge in [-0.2, -0.15) is 0 Å². The van der Waals surface area contributed by atoms with Gasteiger partial charge in [0.15, 0.2) is 0 Å².